The molecule has 10 aromatic carbocycles. The van der Waals surface area contributed by atoms with Gasteiger partial charge in [0.25, 0.3) is 0 Å². The molecule has 11 rings (SSSR count). The predicted octanol–water partition coefficient (Wildman–Crippen LogP) is 15.5. The van der Waals surface area contributed by atoms with Gasteiger partial charge in [-0.1, -0.05) is 179 Å². The van der Waals surface area contributed by atoms with Crippen LogP contribution < -0.4 is 10.4 Å². The second-order valence-electron chi connectivity index (χ2n) is 15.5. The Morgan fingerprint density at radius 1 is 0.435 bits per heavy atom. The van der Waals surface area contributed by atoms with Gasteiger partial charge in [-0.2, -0.15) is 29.5 Å². The van der Waals surface area contributed by atoms with Crippen LogP contribution >= 0.6 is 17.0 Å². The third-order valence-electron chi connectivity index (χ3n) is 11.8. The predicted molar refractivity (Wildman–Crippen MR) is 267 cm³/mol. The van der Waals surface area contributed by atoms with E-state index >= 15 is 0 Å². The molecule has 1 aliphatic rings. The fourth-order valence-electron chi connectivity index (χ4n) is 8.35. The number of fused-ring (bicyclic) bond motifs is 5. The van der Waals surface area contributed by atoms with E-state index in [1.165, 1.54) is 110 Å². The third kappa shape index (κ3) is 9.51. The second kappa shape index (κ2) is 20.2. The number of hydrogen-bond donors (Lipinski definition) is 0. The normalized spacial score (nSPS) is 11.0. The minimum atomic E-state index is -0.826. The van der Waals surface area contributed by atoms with Crippen LogP contribution in [0.15, 0.2) is 200 Å². The fraction of sp³-hybridized carbons (Fsp3) is 0.0690. The van der Waals surface area contributed by atoms with Crippen molar-refractivity contribution < 1.29 is 20.8 Å². The van der Waals surface area contributed by atoms with Gasteiger partial charge in [0.05, 0.1) is 9.52 Å². The molecule has 0 saturated heterocycles. The van der Waals surface area contributed by atoms with E-state index in [2.05, 4.69) is 228 Å². The van der Waals surface area contributed by atoms with Gasteiger partial charge in [-0.15, -0.1) is 74.6 Å². The molecule has 0 nitrogen and oxygen atoms in total. The minimum absolute atomic E-state index is 0.795. The quantitative estimate of drug-likeness (QED) is 0.122. The van der Waals surface area contributed by atoms with E-state index in [1.54, 1.807) is 0 Å². The van der Waals surface area contributed by atoms with Crippen molar-refractivity contribution in [2.75, 3.05) is 0 Å². The van der Waals surface area contributed by atoms with Crippen molar-refractivity contribution in [2.24, 2.45) is 0 Å². The first-order valence-electron chi connectivity index (χ1n) is 20.8. The minimum Gasteiger partial charge on any atom is -0.184 e. The molecule has 0 saturated carbocycles. The Morgan fingerprint density at radius 2 is 0.855 bits per heavy atom. The van der Waals surface area contributed by atoms with E-state index in [4.69, 9.17) is 17.0 Å². The topological polar surface area (TPSA) is 0 Å². The van der Waals surface area contributed by atoms with Gasteiger partial charge in [-0.25, -0.2) is 0 Å². The summed E-state index contributed by atoms with van der Waals surface area (Å²) in [6.45, 7) is 8.79. The first-order chi connectivity index (χ1) is 30.3. The van der Waals surface area contributed by atoms with E-state index in [9.17, 15) is 0 Å². The van der Waals surface area contributed by atoms with Crippen LogP contribution in [0.5, 0.6) is 0 Å². The van der Waals surface area contributed by atoms with Crippen molar-refractivity contribution in [3.63, 3.8) is 0 Å². The van der Waals surface area contributed by atoms with Gasteiger partial charge < -0.3 is 0 Å². The van der Waals surface area contributed by atoms with E-state index < -0.39 is 20.8 Å². The van der Waals surface area contributed by atoms with Gasteiger partial charge in [-0.05, 0) is 61.1 Å². The van der Waals surface area contributed by atoms with Crippen molar-refractivity contribution >= 4 is 58.5 Å². The Hall–Kier alpha value is -5.34. The molecule has 0 aliphatic carbocycles. The van der Waals surface area contributed by atoms with Crippen LogP contribution in [0, 0.1) is 33.8 Å². The summed E-state index contributed by atoms with van der Waals surface area (Å²) in [5, 5.41) is 8.10. The SMILES string of the molecule is Cc1cccc(-c2cccc3[cH-]c(-c4ccccc4)cc23)c1C.Cc1cccc(-c2cccc3[cH-]c(-c4ccccc4)cc23)c1C.[Cl][Zr][Cl].[c-]1cccc2c1[Si]c1ccccc1-2. The smallest absolute Gasteiger partial charge is 0.0920 e. The summed E-state index contributed by atoms with van der Waals surface area (Å²) in [5.41, 5.74) is 18.6. The molecule has 0 unspecified atom stereocenters. The molecule has 302 valence electrons. The monoisotopic (exact) mass is 929 g/mol. The molecule has 0 atom stereocenters. The van der Waals surface area contributed by atoms with E-state index in [1.807, 2.05) is 6.07 Å². The molecule has 0 amide bonds. The number of aryl methyl sites for hydroxylation is 2. The number of halogens is 2. The molecule has 0 N–H and O–H groups in total. The average Bonchev–Trinajstić information content (AvgIpc) is 4.06. The Kier molecular flexibility index (Phi) is 14.1. The van der Waals surface area contributed by atoms with Crippen LogP contribution in [0.1, 0.15) is 22.3 Å². The number of hydrogen-bond acceptors (Lipinski definition) is 0. The van der Waals surface area contributed by atoms with Crippen molar-refractivity contribution in [3.8, 4) is 55.6 Å². The second-order valence-corrected chi connectivity index (χ2v) is 20.6. The van der Waals surface area contributed by atoms with Gasteiger partial charge in [0.2, 0.25) is 0 Å². The Morgan fingerprint density at radius 3 is 1.37 bits per heavy atom. The van der Waals surface area contributed by atoms with Crippen LogP contribution in [0.2, 0.25) is 0 Å². The van der Waals surface area contributed by atoms with E-state index in [-0.39, 0.29) is 0 Å². The molecular weight excluding hydrogens is 887 g/mol. The van der Waals surface area contributed by atoms with Crippen molar-refractivity contribution in [2.45, 2.75) is 27.7 Å². The average molecular weight is 932 g/mol. The zero-order chi connectivity index (χ0) is 43.0. The summed E-state index contributed by atoms with van der Waals surface area (Å²) in [7, 11) is 10.7. The summed E-state index contributed by atoms with van der Waals surface area (Å²) in [4.78, 5) is 0. The maximum atomic E-state index is 4.93. The maximum Gasteiger partial charge on any atom is 0.0920 e. The molecule has 4 heteroatoms. The molecule has 1 aliphatic heterocycles. The van der Waals surface area contributed by atoms with Crippen LogP contribution in [0.4, 0.5) is 0 Å². The van der Waals surface area contributed by atoms with Crippen molar-refractivity contribution in [1.82, 2.24) is 0 Å². The van der Waals surface area contributed by atoms with E-state index in [0.717, 1.165) is 9.52 Å². The zero-order valence-electron chi connectivity index (χ0n) is 35.3. The molecule has 0 fully saturated rings. The Bertz CT molecular complexity index is 2880. The summed E-state index contributed by atoms with van der Waals surface area (Å²) in [6, 6.07) is 74.9. The number of benzene rings is 8. The molecule has 0 spiro atoms. The first-order valence-corrected chi connectivity index (χ1v) is 28.1. The van der Waals surface area contributed by atoms with Gasteiger partial charge in [-0.3, -0.25) is 0 Å². The number of rotatable bonds is 4. The fourth-order valence-corrected chi connectivity index (χ4v) is 9.66. The van der Waals surface area contributed by atoms with Gasteiger partial charge in [0, 0.05) is 0 Å². The van der Waals surface area contributed by atoms with Crippen LogP contribution in [-0.2, 0) is 20.8 Å². The van der Waals surface area contributed by atoms with Crippen LogP contribution in [0.25, 0.3) is 77.2 Å². The summed E-state index contributed by atoms with van der Waals surface area (Å²) < 4.78 is 0. The standard InChI is InChI=1S/2C23H19.C12H7Si.2ClH.Zr/c2*1-16-8-6-12-21(17(16)2)22-13-7-11-19-14-20(15-23(19)22)18-9-4-3-5-10-18;1-3-7-11-9(5-1)10-6-2-4-8-12(10)13-11;;;/h2*3-15H,1-2H3;1-7H;2*1H;/q3*-1;;;+2/p-2. The maximum absolute atomic E-state index is 4.93. The van der Waals surface area contributed by atoms with Crippen molar-refractivity contribution in [3.05, 3.63) is 229 Å². The Labute approximate surface area is 388 Å². The summed E-state index contributed by atoms with van der Waals surface area (Å²) in [6.07, 6.45) is 0. The third-order valence-corrected chi connectivity index (χ3v) is 13.2. The molecule has 1 heterocycles. The van der Waals surface area contributed by atoms with Crippen LogP contribution in [0.3, 0.4) is 0 Å². The van der Waals surface area contributed by atoms with Crippen molar-refractivity contribution in [1.29, 1.82) is 0 Å². The molecule has 0 aromatic heterocycles. The van der Waals surface area contributed by atoms with E-state index in [0.29, 0.717) is 0 Å². The summed E-state index contributed by atoms with van der Waals surface area (Å²) in [5.74, 6) is 0. The van der Waals surface area contributed by atoms with Gasteiger partial charge >= 0.3 is 37.9 Å². The van der Waals surface area contributed by atoms with Gasteiger partial charge in [0.1, 0.15) is 0 Å². The Balaban J connectivity index is 0.000000128. The molecule has 0 bridgehead atoms. The first kappa shape index (κ1) is 43.3. The zero-order valence-corrected chi connectivity index (χ0v) is 40.3. The molecule has 2 radical (unpaired) electrons. The molecule has 62 heavy (non-hydrogen) atoms. The van der Waals surface area contributed by atoms with Gasteiger partial charge in [0.15, 0.2) is 0 Å². The molecule has 10 aromatic rings. The largest absolute Gasteiger partial charge is 0.184 e. The molecular formula is C58H45Cl2SiZr-3. The summed E-state index contributed by atoms with van der Waals surface area (Å²) >= 11 is -0.826. The van der Waals surface area contributed by atoms with Crippen LogP contribution in [-0.4, -0.2) is 9.52 Å².